The minimum atomic E-state index is 0.221. The molecule has 0 bridgehead atoms. The van der Waals surface area contributed by atoms with E-state index in [0.717, 1.165) is 27.8 Å². The fourth-order valence-electron chi connectivity index (χ4n) is 2.50. The van der Waals surface area contributed by atoms with Crippen molar-refractivity contribution in [3.8, 4) is 11.1 Å². The average Bonchev–Trinajstić information content (AvgIpc) is 3.04. The molecule has 3 aromatic heterocycles. The highest BCUT2D eigenvalue weighted by Gasteiger charge is 2.05. The maximum Gasteiger partial charge on any atom is 0.224 e. The van der Waals surface area contributed by atoms with Gasteiger partial charge in [-0.25, -0.2) is 15.0 Å². The largest absolute Gasteiger partial charge is 0.346 e. The molecule has 3 heterocycles. The molecule has 2 N–H and O–H groups in total. The van der Waals surface area contributed by atoms with Gasteiger partial charge in [0.25, 0.3) is 0 Å². The molecule has 0 unspecified atom stereocenters. The summed E-state index contributed by atoms with van der Waals surface area (Å²) in [6.07, 6.45) is 5.32. The molecule has 0 saturated carbocycles. The summed E-state index contributed by atoms with van der Waals surface area (Å²) in [7, 11) is 0. The van der Waals surface area contributed by atoms with Gasteiger partial charge in [0.05, 0.1) is 0 Å². The van der Waals surface area contributed by atoms with Crippen molar-refractivity contribution in [1.82, 2.24) is 19.9 Å². The Balaban J connectivity index is 1.64. The summed E-state index contributed by atoms with van der Waals surface area (Å²) in [6, 6.07) is 14.0. The van der Waals surface area contributed by atoms with Crippen molar-refractivity contribution in [2.45, 2.75) is 0 Å². The molecule has 112 valence electrons. The predicted molar refractivity (Wildman–Crippen MR) is 91.9 cm³/mol. The van der Waals surface area contributed by atoms with E-state index in [2.05, 4.69) is 37.4 Å². The summed E-state index contributed by atoms with van der Waals surface area (Å²) in [5.41, 5.74) is 4.10. The molecular weight excluding hydrogens is 310 g/mol. The van der Waals surface area contributed by atoms with Crippen molar-refractivity contribution in [2.24, 2.45) is 0 Å². The molecule has 0 amide bonds. The SMILES string of the molecule is Clc1nccc(Nc2ccc(-c3ccnc4[nH]ccc34)cc2)n1. The molecule has 5 nitrogen and oxygen atoms in total. The van der Waals surface area contributed by atoms with Gasteiger partial charge >= 0.3 is 0 Å². The minimum Gasteiger partial charge on any atom is -0.346 e. The van der Waals surface area contributed by atoms with Crippen molar-refractivity contribution in [1.29, 1.82) is 0 Å². The number of rotatable bonds is 3. The van der Waals surface area contributed by atoms with Crippen LogP contribution in [0.25, 0.3) is 22.2 Å². The lowest BCUT2D eigenvalue weighted by molar-refractivity contribution is 1.17. The van der Waals surface area contributed by atoms with Crippen LogP contribution in [0.4, 0.5) is 11.5 Å². The lowest BCUT2D eigenvalue weighted by atomic mass is 10.0. The Bertz CT molecular complexity index is 962. The number of pyridine rings is 1. The van der Waals surface area contributed by atoms with Gasteiger partial charge in [-0.3, -0.25) is 0 Å². The van der Waals surface area contributed by atoms with Crippen LogP contribution in [0.15, 0.2) is 61.1 Å². The minimum absolute atomic E-state index is 0.221. The molecule has 0 aliphatic carbocycles. The lowest BCUT2D eigenvalue weighted by Crippen LogP contribution is -1.94. The second-order valence-electron chi connectivity index (χ2n) is 5.01. The molecule has 0 radical (unpaired) electrons. The van der Waals surface area contributed by atoms with Gasteiger partial charge in [0.1, 0.15) is 11.5 Å². The van der Waals surface area contributed by atoms with E-state index in [1.54, 1.807) is 12.3 Å². The van der Waals surface area contributed by atoms with Crippen LogP contribution in [0.5, 0.6) is 0 Å². The number of fused-ring (bicyclic) bond motifs is 1. The predicted octanol–water partition coefficient (Wildman–Crippen LogP) is 4.42. The third-order valence-electron chi connectivity index (χ3n) is 3.55. The van der Waals surface area contributed by atoms with Gasteiger partial charge < -0.3 is 10.3 Å². The maximum atomic E-state index is 5.79. The zero-order valence-corrected chi connectivity index (χ0v) is 12.7. The lowest BCUT2D eigenvalue weighted by Gasteiger charge is -2.08. The summed E-state index contributed by atoms with van der Waals surface area (Å²) in [6.45, 7) is 0. The monoisotopic (exact) mass is 321 g/mol. The number of hydrogen-bond acceptors (Lipinski definition) is 4. The number of anilines is 2. The molecule has 4 aromatic rings. The molecule has 23 heavy (non-hydrogen) atoms. The molecule has 0 saturated heterocycles. The number of aromatic amines is 1. The van der Waals surface area contributed by atoms with E-state index in [1.807, 2.05) is 36.7 Å². The molecule has 0 spiro atoms. The van der Waals surface area contributed by atoms with Gasteiger partial charge in [-0.15, -0.1) is 0 Å². The number of H-pyrrole nitrogens is 1. The Hall–Kier alpha value is -2.92. The number of hydrogen-bond donors (Lipinski definition) is 2. The van der Waals surface area contributed by atoms with Gasteiger partial charge in [-0.1, -0.05) is 12.1 Å². The van der Waals surface area contributed by atoms with Crippen molar-refractivity contribution in [3.63, 3.8) is 0 Å². The van der Waals surface area contributed by atoms with Gasteiger partial charge in [0.15, 0.2) is 0 Å². The number of benzene rings is 1. The molecule has 0 atom stereocenters. The van der Waals surface area contributed by atoms with Crippen LogP contribution in [-0.2, 0) is 0 Å². The van der Waals surface area contributed by atoms with Crippen molar-refractivity contribution in [3.05, 3.63) is 66.3 Å². The van der Waals surface area contributed by atoms with E-state index < -0.39 is 0 Å². The van der Waals surface area contributed by atoms with Crippen LogP contribution in [0.2, 0.25) is 5.28 Å². The van der Waals surface area contributed by atoms with E-state index in [9.17, 15) is 0 Å². The normalized spacial score (nSPS) is 10.8. The van der Waals surface area contributed by atoms with E-state index in [0.29, 0.717) is 5.82 Å². The first-order valence-electron chi connectivity index (χ1n) is 7.08. The fourth-order valence-corrected chi connectivity index (χ4v) is 2.65. The van der Waals surface area contributed by atoms with Crippen molar-refractivity contribution in [2.75, 3.05) is 5.32 Å². The highest BCUT2D eigenvalue weighted by Crippen LogP contribution is 2.28. The Morgan fingerprint density at radius 3 is 2.57 bits per heavy atom. The summed E-state index contributed by atoms with van der Waals surface area (Å²) < 4.78 is 0. The third kappa shape index (κ3) is 2.74. The van der Waals surface area contributed by atoms with Crippen LogP contribution in [0.3, 0.4) is 0 Å². The topological polar surface area (TPSA) is 66.5 Å². The van der Waals surface area contributed by atoms with E-state index in [-0.39, 0.29) is 5.28 Å². The van der Waals surface area contributed by atoms with Crippen LogP contribution in [0, 0.1) is 0 Å². The molecular formula is C17H12ClN5. The summed E-state index contributed by atoms with van der Waals surface area (Å²) in [4.78, 5) is 15.4. The van der Waals surface area contributed by atoms with Gasteiger partial charge in [0, 0.05) is 29.7 Å². The smallest absolute Gasteiger partial charge is 0.224 e. The summed E-state index contributed by atoms with van der Waals surface area (Å²) in [5.74, 6) is 0.662. The van der Waals surface area contributed by atoms with Gasteiger partial charge in [-0.05, 0) is 53.1 Å². The second kappa shape index (κ2) is 5.70. The zero-order chi connectivity index (χ0) is 15.6. The highest BCUT2D eigenvalue weighted by molar-refractivity contribution is 6.28. The molecule has 0 aliphatic heterocycles. The quantitative estimate of drug-likeness (QED) is 0.548. The molecule has 1 aromatic carbocycles. The standard InChI is InChI=1S/C17H12ClN5/c18-17-21-10-7-15(23-17)22-12-3-1-11(2-4-12)13-5-8-19-16-14(13)6-9-20-16/h1-10H,(H,19,20)(H,21,22,23). The zero-order valence-electron chi connectivity index (χ0n) is 12.0. The number of nitrogens with one attached hydrogen (secondary N) is 2. The van der Waals surface area contributed by atoms with Crippen LogP contribution < -0.4 is 5.32 Å². The van der Waals surface area contributed by atoms with Gasteiger partial charge in [0.2, 0.25) is 5.28 Å². The summed E-state index contributed by atoms with van der Waals surface area (Å²) >= 11 is 5.79. The Morgan fingerprint density at radius 2 is 1.74 bits per heavy atom. The first kappa shape index (κ1) is 13.7. The first-order chi connectivity index (χ1) is 11.3. The fraction of sp³-hybridized carbons (Fsp3) is 0. The Morgan fingerprint density at radius 1 is 0.913 bits per heavy atom. The van der Waals surface area contributed by atoms with E-state index in [4.69, 9.17) is 11.6 Å². The highest BCUT2D eigenvalue weighted by atomic mass is 35.5. The molecule has 0 fully saturated rings. The third-order valence-corrected chi connectivity index (χ3v) is 3.74. The van der Waals surface area contributed by atoms with Crippen LogP contribution >= 0.6 is 11.6 Å². The number of nitrogens with zero attached hydrogens (tertiary/aromatic N) is 3. The summed E-state index contributed by atoms with van der Waals surface area (Å²) in [5, 5.41) is 4.53. The van der Waals surface area contributed by atoms with E-state index in [1.165, 1.54) is 0 Å². The van der Waals surface area contributed by atoms with Crippen molar-refractivity contribution >= 4 is 34.1 Å². The number of halogens is 1. The number of aromatic nitrogens is 4. The Kier molecular flexibility index (Phi) is 3.40. The first-order valence-corrected chi connectivity index (χ1v) is 7.45. The molecule has 4 rings (SSSR count). The van der Waals surface area contributed by atoms with E-state index >= 15 is 0 Å². The Labute approximate surface area is 137 Å². The maximum absolute atomic E-state index is 5.79. The molecule has 0 aliphatic rings. The van der Waals surface area contributed by atoms with Crippen molar-refractivity contribution < 1.29 is 0 Å². The average molecular weight is 322 g/mol. The molecule has 6 heteroatoms. The van der Waals surface area contributed by atoms with Crippen LogP contribution in [0.1, 0.15) is 0 Å². The second-order valence-corrected chi connectivity index (χ2v) is 5.35. The van der Waals surface area contributed by atoms with Gasteiger partial charge in [-0.2, -0.15) is 0 Å². The van der Waals surface area contributed by atoms with Crippen LogP contribution in [-0.4, -0.2) is 19.9 Å².